The Kier molecular flexibility index (Phi) is 3.66. The number of hydrogen-bond acceptors (Lipinski definition) is 0. The van der Waals surface area contributed by atoms with Crippen LogP contribution >= 0.6 is 0 Å². The number of fused-ring (bicyclic) bond motifs is 8. The first-order valence-electron chi connectivity index (χ1n) is 12.0. The molecule has 0 amide bonds. The van der Waals surface area contributed by atoms with Gasteiger partial charge in [-0.1, -0.05) is 72.8 Å². The summed E-state index contributed by atoms with van der Waals surface area (Å²) >= 11 is 0. The highest BCUT2D eigenvalue weighted by Gasteiger charge is 2.19. The maximum absolute atomic E-state index is 3.75. The van der Waals surface area contributed by atoms with Crippen molar-refractivity contribution in [1.29, 1.82) is 0 Å². The molecule has 0 spiro atoms. The first kappa shape index (κ1) is 18.6. The van der Waals surface area contributed by atoms with E-state index < -0.39 is 0 Å². The van der Waals surface area contributed by atoms with Crippen LogP contribution in [0.5, 0.6) is 0 Å². The molecule has 0 atom stereocenters. The second-order valence-electron chi connectivity index (χ2n) is 9.15. The minimum Gasteiger partial charge on any atom is -0.353 e. The summed E-state index contributed by atoms with van der Waals surface area (Å²) in [6, 6.07) is 41.2. The summed E-state index contributed by atoms with van der Waals surface area (Å²) in [5, 5.41) is 3.78. The Morgan fingerprint density at radius 2 is 1.20 bits per heavy atom. The van der Waals surface area contributed by atoms with E-state index in [-0.39, 0.29) is 0 Å². The van der Waals surface area contributed by atoms with Gasteiger partial charge >= 0.3 is 0 Å². The number of para-hydroxylation sites is 2. The van der Waals surface area contributed by atoms with Crippen molar-refractivity contribution in [2.24, 2.45) is 0 Å². The molecule has 8 aromatic rings. The van der Waals surface area contributed by atoms with E-state index in [2.05, 4.69) is 135 Å². The number of hydrogen-bond donors (Lipinski definition) is 1. The lowest BCUT2D eigenvalue weighted by Gasteiger charge is -2.08. The lowest BCUT2D eigenvalue weighted by atomic mass is 10.1. The normalized spacial score (nSPS) is 12.0. The SMILES string of the molecule is c1ccc(-c2c3[nH]c4ccc(-n5c6ccccc6c6ccccc65)cc4c3n3ccccc23)cc1. The number of aromatic amines is 1. The van der Waals surface area contributed by atoms with Gasteiger partial charge in [-0.05, 0) is 48.0 Å². The third kappa shape index (κ3) is 2.50. The number of rotatable bonds is 2. The van der Waals surface area contributed by atoms with Crippen molar-refractivity contribution in [2.45, 2.75) is 0 Å². The third-order valence-electron chi connectivity index (χ3n) is 7.26. The summed E-state index contributed by atoms with van der Waals surface area (Å²) in [6.07, 6.45) is 2.17. The van der Waals surface area contributed by atoms with Crippen molar-refractivity contribution in [1.82, 2.24) is 14.0 Å². The monoisotopic (exact) mass is 447 g/mol. The van der Waals surface area contributed by atoms with Crippen molar-refractivity contribution < 1.29 is 0 Å². The summed E-state index contributed by atoms with van der Waals surface area (Å²) in [5.41, 5.74) is 10.8. The van der Waals surface area contributed by atoms with Crippen LogP contribution in [-0.2, 0) is 0 Å². The largest absolute Gasteiger partial charge is 0.353 e. The van der Waals surface area contributed by atoms with Gasteiger partial charge in [0, 0.05) is 39.1 Å². The van der Waals surface area contributed by atoms with Gasteiger partial charge in [0.15, 0.2) is 0 Å². The standard InChI is InChI=1S/C32H21N3/c1-2-10-21(11-3-1)30-29-16-8-9-19-34(29)32-25-20-22(17-18-26(25)33-31(30)32)35-27-14-6-4-12-23(27)24-13-5-7-15-28(24)35/h1-20,33H. The average molecular weight is 448 g/mol. The predicted octanol–water partition coefficient (Wildman–Crippen LogP) is 8.34. The molecule has 4 aromatic carbocycles. The molecule has 0 saturated heterocycles. The van der Waals surface area contributed by atoms with Gasteiger partial charge in [0.25, 0.3) is 0 Å². The van der Waals surface area contributed by atoms with Crippen LogP contribution in [0.2, 0.25) is 0 Å². The third-order valence-corrected chi connectivity index (χ3v) is 7.26. The number of pyridine rings is 1. The van der Waals surface area contributed by atoms with Gasteiger partial charge in [-0.2, -0.15) is 0 Å². The Hall–Kier alpha value is -4.76. The van der Waals surface area contributed by atoms with E-state index in [4.69, 9.17) is 0 Å². The Labute approximate surface area is 201 Å². The molecule has 1 N–H and O–H groups in total. The van der Waals surface area contributed by atoms with Crippen LogP contribution in [0.1, 0.15) is 0 Å². The number of H-pyrrole nitrogens is 1. The van der Waals surface area contributed by atoms with E-state index in [1.165, 1.54) is 60.6 Å². The lowest BCUT2D eigenvalue weighted by Crippen LogP contribution is -1.93. The molecule has 4 heterocycles. The molecule has 164 valence electrons. The van der Waals surface area contributed by atoms with Crippen LogP contribution in [0.25, 0.3) is 66.1 Å². The first-order chi connectivity index (χ1) is 17.4. The Morgan fingerprint density at radius 1 is 0.543 bits per heavy atom. The van der Waals surface area contributed by atoms with E-state index >= 15 is 0 Å². The summed E-state index contributed by atoms with van der Waals surface area (Å²) in [4.78, 5) is 3.75. The fourth-order valence-corrected chi connectivity index (χ4v) is 5.80. The maximum Gasteiger partial charge on any atom is 0.0794 e. The fraction of sp³-hybridized carbons (Fsp3) is 0. The first-order valence-corrected chi connectivity index (χ1v) is 12.0. The molecule has 4 aromatic heterocycles. The summed E-state index contributed by atoms with van der Waals surface area (Å²) < 4.78 is 4.71. The minimum atomic E-state index is 1.15. The average Bonchev–Trinajstić information content (AvgIpc) is 3.55. The zero-order valence-electron chi connectivity index (χ0n) is 18.9. The van der Waals surface area contributed by atoms with E-state index in [0.29, 0.717) is 0 Å². The van der Waals surface area contributed by atoms with Gasteiger partial charge < -0.3 is 14.0 Å². The molecule has 0 aliphatic rings. The molecular formula is C32H21N3. The van der Waals surface area contributed by atoms with Gasteiger partial charge in [-0.15, -0.1) is 0 Å². The van der Waals surface area contributed by atoms with Crippen LogP contribution in [0.15, 0.2) is 121 Å². The fourth-order valence-electron chi connectivity index (χ4n) is 5.80. The van der Waals surface area contributed by atoms with Crippen molar-refractivity contribution in [3.63, 3.8) is 0 Å². The molecule has 3 nitrogen and oxygen atoms in total. The predicted molar refractivity (Wildman–Crippen MR) is 147 cm³/mol. The number of aromatic nitrogens is 3. The molecule has 8 rings (SSSR count). The number of nitrogens with zero attached hydrogens (tertiary/aromatic N) is 2. The van der Waals surface area contributed by atoms with Gasteiger partial charge in [0.1, 0.15) is 0 Å². The van der Waals surface area contributed by atoms with Crippen LogP contribution in [0, 0.1) is 0 Å². The van der Waals surface area contributed by atoms with E-state index in [9.17, 15) is 0 Å². The quantitative estimate of drug-likeness (QED) is 0.275. The van der Waals surface area contributed by atoms with Crippen molar-refractivity contribution in [3.05, 3.63) is 121 Å². The molecular weight excluding hydrogens is 426 g/mol. The van der Waals surface area contributed by atoms with Crippen molar-refractivity contribution >= 4 is 49.3 Å². The molecule has 0 radical (unpaired) electrons. The number of benzene rings is 4. The topological polar surface area (TPSA) is 25.1 Å². The van der Waals surface area contributed by atoms with Crippen LogP contribution in [0.3, 0.4) is 0 Å². The van der Waals surface area contributed by atoms with Crippen LogP contribution in [-0.4, -0.2) is 14.0 Å². The molecule has 3 heteroatoms. The van der Waals surface area contributed by atoms with Gasteiger partial charge in [-0.3, -0.25) is 0 Å². The Balaban J connectivity index is 1.49. The number of nitrogens with one attached hydrogen (secondary N) is 1. The van der Waals surface area contributed by atoms with E-state index in [1.807, 2.05) is 0 Å². The highest BCUT2D eigenvalue weighted by molar-refractivity contribution is 6.16. The van der Waals surface area contributed by atoms with E-state index in [1.54, 1.807) is 0 Å². The summed E-state index contributed by atoms with van der Waals surface area (Å²) in [6.45, 7) is 0. The van der Waals surface area contributed by atoms with Gasteiger partial charge in [-0.25, -0.2) is 0 Å². The second kappa shape index (κ2) is 6.87. The van der Waals surface area contributed by atoms with Crippen LogP contribution in [0.4, 0.5) is 0 Å². The van der Waals surface area contributed by atoms with Crippen molar-refractivity contribution in [2.75, 3.05) is 0 Å². The maximum atomic E-state index is 3.75. The zero-order chi connectivity index (χ0) is 22.9. The summed E-state index contributed by atoms with van der Waals surface area (Å²) in [7, 11) is 0. The molecule has 0 fully saturated rings. The Morgan fingerprint density at radius 3 is 1.97 bits per heavy atom. The molecule has 0 bridgehead atoms. The van der Waals surface area contributed by atoms with E-state index in [0.717, 1.165) is 5.52 Å². The van der Waals surface area contributed by atoms with Crippen molar-refractivity contribution in [3.8, 4) is 16.8 Å². The smallest absolute Gasteiger partial charge is 0.0794 e. The molecule has 0 saturated carbocycles. The van der Waals surface area contributed by atoms with Gasteiger partial charge in [0.2, 0.25) is 0 Å². The van der Waals surface area contributed by atoms with Crippen LogP contribution < -0.4 is 0 Å². The highest BCUT2D eigenvalue weighted by Crippen LogP contribution is 2.40. The molecule has 0 unspecified atom stereocenters. The molecule has 0 aliphatic heterocycles. The molecule has 0 aliphatic carbocycles. The van der Waals surface area contributed by atoms with Gasteiger partial charge in [0.05, 0.1) is 27.6 Å². The second-order valence-corrected chi connectivity index (χ2v) is 9.15. The Bertz CT molecular complexity index is 2000. The lowest BCUT2D eigenvalue weighted by molar-refractivity contribution is 1.18. The minimum absolute atomic E-state index is 1.15. The highest BCUT2D eigenvalue weighted by atomic mass is 15.0. The summed E-state index contributed by atoms with van der Waals surface area (Å²) in [5.74, 6) is 0. The molecule has 35 heavy (non-hydrogen) atoms. The zero-order valence-corrected chi connectivity index (χ0v) is 18.9.